The summed E-state index contributed by atoms with van der Waals surface area (Å²) in [6.45, 7) is 10.4. The smallest absolute Gasteiger partial charge is 0.274 e. The zero-order valence-electron chi connectivity index (χ0n) is 21.7. The van der Waals surface area contributed by atoms with Gasteiger partial charge in [0.1, 0.15) is 11.5 Å². The van der Waals surface area contributed by atoms with Gasteiger partial charge in [-0.15, -0.1) is 0 Å². The van der Waals surface area contributed by atoms with E-state index in [1.165, 1.54) is 5.56 Å². The van der Waals surface area contributed by atoms with Crippen molar-refractivity contribution in [3.05, 3.63) is 77.5 Å². The number of carbonyl (C=O) groups excluding carboxylic acids is 1. The van der Waals surface area contributed by atoms with Gasteiger partial charge in [-0.2, -0.15) is 0 Å². The largest absolute Gasteiger partial charge is 0.378 e. The first-order chi connectivity index (χ1) is 18.0. The third-order valence-electron chi connectivity index (χ3n) is 7.01. The number of morpholine rings is 1. The minimum atomic E-state index is -0.223. The van der Waals surface area contributed by atoms with Crippen molar-refractivity contribution in [3.63, 3.8) is 0 Å². The van der Waals surface area contributed by atoms with Gasteiger partial charge in [-0.25, -0.2) is 4.98 Å². The van der Waals surface area contributed by atoms with E-state index in [0.29, 0.717) is 18.9 Å². The molecule has 2 saturated heterocycles. The summed E-state index contributed by atoms with van der Waals surface area (Å²) in [6, 6.07) is 20.1. The molecule has 0 spiro atoms. The Balaban J connectivity index is 1.25. The fraction of sp³-hybridized carbons (Fsp3) is 0.379. The molecule has 0 aliphatic carbocycles. The van der Waals surface area contributed by atoms with Crippen LogP contribution < -0.4 is 15.5 Å². The Labute approximate surface area is 219 Å². The maximum absolute atomic E-state index is 13.0. The number of hydrogen-bond donors (Lipinski definition) is 2. The van der Waals surface area contributed by atoms with E-state index in [4.69, 9.17) is 4.74 Å². The zero-order chi connectivity index (χ0) is 25.6. The number of ether oxygens (including phenoxy) is 1. The SMILES string of the molecule is Cc1ccc(NC(=O)c2cccc(N3CCOCC3)n2)cc1Nc1cccc(CN2CCN(C)CC2)c1. The lowest BCUT2D eigenvalue weighted by Gasteiger charge is -2.32. The van der Waals surface area contributed by atoms with Crippen molar-refractivity contribution in [2.45, 2.75) is 13.5 Å². The van der Waals surface area contributed by atoms with Gasteiger partial charge in [0, 0.05) is 62.9 Å². The van der Waals surface area contributed by atoms with Gasteiger partial charge in [0.05, 0.1) is 13.2 Å². The van der Waals surface area contributed by atoms with Crippen molar-refractivity contribution in [3.8, 4) is 0 Å². The Morgan fingerprint density at radius 2 is 1.70 bits per heavy atom. The van der Waals surface area contributed by atoms with Crippen LogP contribution in [0.3, 0.4) is 0 Å². The third-order valence-corrected chi connectivity index (χ3v) is 7.01. The maximum Gasteiger partial charge on any atom is 0.274 e. The van der Waals surface area contributed by atoms with Crippen molar-refractivity contribution in [1.29, 1.82) is 0 Å². The van der Waals surface area contributed by atoms with Crippen molar-refractivity contribution in [1.82, 2.24) is 14.8 Å². The first kappa shape index (κ1) is 25.2. The molecule has 2 aromatic carbocycles. The molecule has 2 aliphatic heterocycles. The molecule has 8 heteroatoms. The number of nitrogens with one attached hydrogen (secondary N) is 2. The minimum absolute atomic E-state index is 0.223. The average molecular weight is 501 g/mol. The molecule has 3 aromatic rings. The highest BCUT2D eigenvalue weighted by atomic mass is 16.5. The lowest BCUT2D eigenvalue weighted by Crippen LogP contribution is -2.43. The second kappa shape index (κ2) is 11.7. The molecular weight excluding hydrogens is 464 g/mol. The summed E-state index contributed by atoms with van der Waals surface area (Å²) < 4.78 is 5.43. The van der Waals surface area contributed by atoms with Crippen LogP contribution >= 0.6 is 0 Å². The highest BCUT2D eigenvalue weighted by Crippen LogP contribution is 2.26. The molecule has 0 radical (unpaired) electrons. The van der Waals surface area contributed by atoms with Crippen LogP contribution in [0, 0.1) is 6.92 Å². The molecule has 2 fully saturated rings. The summed E-state index contributed by atoms with van der Waals surface area (Å²) in [6.07, 6.45) is 0. The summed E-state index contributed by atoms with van der Waals surface area (Å²) >= 11 is 0. The molecule has 37 heavy (non-hydrogen) atoms. The van der Waals surface area contributed by atoms with Crippen LogP contribution in [-0.4, -0.2) is 80.2 Å². The fourth-order valence-electron chi connectivity index (χ4n) is 4.71. The number of nitrogens with zero attached hydrogens (tertiary/aromatic N) is 4. The van der Waals surface area contributed by atoms with Crippen LogP contribution in [0.5, 0.6) is 0 Å². The number of rotatable bonds is 7. The summed E-state index contributed by atoms with van der Waals surface area (Å²) in [5.74, 6) is 0.581. The topological polar surface area (TPSA) is 73.0 Å². The molecule has 0 unspecified atom stereocenters. The maximum atomic E-state index is 13.0. The number of hydrogen-bond acceptors (Lipinski definition) is 7. The number of benzene rings is 2. The summed E-state index contributed by atoms with van der Waals surface area (Å²) in [5.41, 5.74) is 5.53. The Hall–Kier alpha value is -3.46. The van der Waals surface area contributed by atoms with Crippen molar-refractivity contribution >= 4 is 28.8 Å². The lowest BCUT2D eigenvalue weighted by atomic mass is 10.1. The van der Waals surface area contributed by atoms with E-state index >= 15 is 0 Å². The molecule has 2 aliphatic rings. The van der Waals surface area contributed by atoms with E-state index in [2.05, 4.69) is 68.6 Å². The first-order valence-corrected chi connectivity index (χ1v) is 13.0. The third kappa shape index (κ3) is 6.65. The number of likely N-dealkylation sites (N-methyl/N-ethyl adjacent to an activating group) is 1. The molecule has 0 atom stereocenters. The Bertz CT molecular complexity index is 1220. The first-order valence-electron chi connectivity index (χ1n) is 13.0. The van der Waals surface area contributed by atoms with Gasteiger partial charge in [0.25, 0.3) is 5.91 Å². The Morgan fingerprint density at radius 1 is 0.919 bits per heavy atom. The van der Waals surface area contributed by atoms with Crippen LogP contribution in [0.4, 0.5) is 22.9 Å². The van der Waals surface area contributed by atoms with Gasteiger partial charge in [0.15, 0.2) is 0 Å². The molecule has 1 aromatic heterocycles. The molecular formula is C29H36N6O2. The van der Waals surface area contributed by atoms with Gasteiger partial charge in [-0.3, -0.25) is 9.69 Å². The number of aromatic nitrogens is 1. The number of pyridine rings is 1. The highest BCUT2D eigenvalue weighted by Gasteiger charge is 2.16. The number of carbonyl (C=O) groups is 1. The molecule has 2 N–H and O–H groups in total. The summed E-state index contributed by atoms with van der Waals surface area (Å²) in [4.78, 5) is 24.6. The quantitative estimate of drug-likeness (QED) is 0.509. The number of anilines is 4. The second-order valence-electron chi connectivity index (χ2n) is 9.87. The standard InChI is InChI=1S/C29H36N6O2/c1-22-9-10-25(31-29(36)26-7-4-8-28(32-26)35-15-17-37-18-16-35)20-27(22)30-24-6-3-5-23(19-24)21-34-13-11-33(2)12-14-34/h3-10,19-20,30H,11-18,21H2,1-2H3,(H,31,36). The molecule has 0 saturated carbocycles. The number of aryl methyl sites for hydroxylation is 1. The highest BCUT2D eigenvalue weighted by molar-refractivity contribution is 6.03. The summed E-state index contributed by atoms with van der Waals surface area (Å²) in [7, 11) is 2.18. The number of piperazine rings is 1. The van der Waals surface area contributed by atoms with Crippen LogP contribution in [0.15, 0.2) is 60.7 Å². The molecule has 8 nitrogen and oxygen atoms in total. The molecule has 194 valence electrons. The molecule has 1 amide bonds. The van der Waals surface area contributed by atoms with Crippen LogP contribution in [0.25, 0.3) is 0 Å². The van der Waals surface area contributed by atoms with E-state index in [1.807, 2.05) is 30.3 Å². The van der Waals surface area contributed by atoms with Gasteiger partial charge >= 0.3 is 0 Å². The van der Waals surface area contributed by atoms with Crippen molar-refractivity contribution in [2.24, 2.45) is 0 Å². The van der Waals surface area contributed by atoms with Crippen LogP contribution in [-0.2, 0) is 11.3 Å². The Kier molecular flexibility index (Phi) is 7.99. The minimum Gasteiger partial charge on any atom is -0.378 e. The second-order valence-corrected chi connectivity index (χ2v) is 9.87. The van der Waals surface area contributed by atoms with E-state index in [9.17, 15) is 4.79 Å². The average Bonchev–Trinajstić information content (AvgIpc) is 2.93. The van der Waals surface area contributed by atoms with E-state index in [1.54, 1.807) is 6.07 Å². The van der Waals surface area contributed by atoms with Crippen molar-refractivity contribution in [2.75, 3.05) is 75.1 Å². The monoisotopic (exact) mass is 500 g/mol. The van der Waals surface area contributed by atoms with E-state index < -0.39 is 0 Å². The Morgan fingerprint density at radius 3 is 2.51 bits per heavy atom. The van der Waals surface area contributed by atoms with Gasteiger partial charge in [-0.1, -0.05) is 24.3 Å². The molecule has 5 rings (SSSR count). The predicted octanol–water partition coefficient (Wildman–Crippen LogP) is 3.97. The predicted molar refractivity (Wildman–Crippen MR) is 149 cm³/mol. The van der Waals surface area contributed by atoms with Gasteiger partial charge < -0.3 is 25.2 Å². The molecule has 0 bridgehead atoms. The zero-order valence-corrected chi connectivity index (χ0v) is 21.7. The van der Waals surface area contributed by atoms with Gasteiger partial charge in [0.2, 0.25) is 0 Å². The van der Waals surface area contributed by atoms with Crippen LogP contribution in [0.1, 0.15) is 21.6 Å². The fourth-order valence-corrected chi connectivity index (χ4v) is 4.71. The normalized spacial score (nSPS) is 17.0. The number of amides is 1. The van der Waals surface area contributed by atoms with Crippen LogP contribution in [0.2, 0.25) is 0 Å². The van der Waals surface area contributed by atoms with Gasteiger partial charge in [-0.05, 0) is 61.5 Å². The lowest BCUT2D eigenvalue weighted by molar-refractivity contribution is 0.102. The van der Waals surface area contributed by atoms with Crippen molar-refractivity contribution < 1.29 is 9.53 Å². The van der Waals surface area contributed by atoms with E-state index in [-0.39, 0.29) is 5.91 Å². The van der Waals surface area contributed by atoms with E-state index in [0.717, 1.165) is 74.3 Å². The summed E-state index contributed by atoms with van der Waals surface area (Å²) in [5, 5.41) is 6.57. The molecule has 3 heterocycles.